The van der Waals surface area contributed by atoms with Gasteiger partial charge >= 0.3 is 0 Å². The maximum Gasteiger partial charge on any atom is 0.227 e. The molecule has 2 unspecified atom stereocenters. The number of amides is 1. The summed E-state index contributed by atoms with van der Waals surface area (Å²) in [7, 11) is 0. The Morgan fingerprint density at radius 1 is 1.35 bits per heavy atom. The number of aromatic nitrogens is 2. The molecule has 0 bridgehead atoms. The van der Waals surface area contributed by atoms with Gasteiger partial charge in [0.05, 0.1) is 0 Å². The fourth-order valence-electron chi connectivity index (χ4n) is 3.51. The molecule has 1 aromatic carbocycles. The molecule has 0 saturated carbocycles. The van der Waals surface area contributed by atoms with Gasteiger partial charge in [-0.1, -0.05) is 43.3 Å². The Kier molecular flexibility index (Phi) is 5.71. The highest BCUT2D eigenvalue weighted by Crippen LogP contribution is 2.24. The first-order chi connectivity index (χ1) is 12.5. The van der Waals surface area contributed by atoms with Crippen LogP contribution in [-0.4, -0.2) is 40.1 Å². The molecule has 1 aliphatic heterocycles. The van der Waals surface area contributed by atoms with Crippen molar-refractivity contribution >= 4 is 5.91 Å². The highest BCUT2D eigenvalue weighted by molar-refractivity contribution is 5.77. The zero-order chi connectivity index (χ0) is 18.7. The van der Waals surface area contributed by atoms with Crippen LogP contribution in [0.15, 0.2) is 28.8 Å². The Morgan fingerprint density at radius 2 is 2.08 bits per heavy atom. The smallest absolute Gasteiger partial charge is 0.227 e. The van der Waals surface area contributed by atoms with E-state index >= 15 is 0 Å². The minimum absolute atomic E-state index is 0.134. The van der Waals surface area contributed by atoms with E-state index in [-0.39, 0.29) is 11.9 Å². The summed E-state index contributed by atoms with van der Waals surface area (Å²) in [6, 6.07) is 8.44. The summed E-state index contributed by atoms with van der Waals surface area (Å²) >= 11 is 0. The summed E-state index contributed by atoms with van der Waals surface area (Å²) in [5.41, 5.74) is 7.94. The molecule has 2 aromatic rings. The van der Waals surface area contributed by atoms with Crippen LogP contribution in [0.5, 0.6) is 0 Å². The number of hydrogen-bond donors (Lipinski definition) is 1. The van der Waals surface area contributed by atoms with Gasteiger partial charge in [-0.3, -0.25) is 4.79 Å². The molecule has 6 nitrogen and oxygen atoms in total. The Bertz CT molecular complexity index is 739. The van der Waals surface area contributed by atoms with E-state index in [0.717, 1.165) is 18.5 Å². The van der Waals surface area contributed by atoms with E-state index < -0.39 is 0 Å². The van der Waals surface area contributed by atoms with Crippen molar-refractivity contribution in [2.24, 2.45) is 11.7 Å². The first-order valence-corrected chi connectivity index (χ1v) is 9.40. The van der Waals surface area contributed by atoms with Gasteiger partial charge in [0.15, 0.2) is 0 Å². The normalized spacial score (nSPS) is 20.1. The summed E-state index contributed by atoms with van der Waals surface area (Å²) in [6.07, 6.45) is 1.83. The zero-order valence-corrected chi connectivity index (χ0v) is 15.8. The second-order valence-corrected chi connectivity index (χ2v) is 7.52. The quantitative estimate of drug-likeness (QED) is 0.860. The fourth-order valence-corrected chi connectivity index (χ4v) is 3.51. The second-order valence-electron chi connectivity index (χ2n) is 7.52. The van der Waals surface area contributed by atoms with E-state index in [2.05, 4.69) is 43.0 Å². The van der Waals surface area contributed by atoms with Crippen LogP contribution in [0.1, 0.15) is 51.0 Å². The lowest BCUT2D eigenvalue weighted by molar-refractivity contribution is -0.131. The standard InChI is InChI=1S/C20H28N4O2/c1-13(2)16-4-6-17(7-5-16)20-22-18(26-23-20)8-9-19(25)24-12-15(11-21)10-14(24)3/h4-7,13-15H,8-12,21H2,1-3H3. The molecule has 0 aliphatic carbocycles. The van der Waals surface area contributed by atoms with Gasteiger partial charge in [-0.2, -0.15) is 4.98 Å². The van der Waals surface area contributed by atoms with E-state index in [4.69, 9.17) is 10.3 Å². The van der Waals surface area contributed by atoms with E-state index in [1.807, 2.05) is 17.0 Å². The summed E-state index contributed by atoms with van der Waals surface area (Å²) < 4.78 is 5.33. The molecule has 1 saturated heterocycles. The number of carbonyl (C=O) groups is 1. The molecule has 1 aromatic heterocycles. The molecule has 1 fully saturated rings. The van der Waals surface area contributed by atoms with Crippen LogP contribution in [0.25, 0.3) is 11.4 Å². The van der Waals surface area contributed by atoms with Crippen LogP contribution in [0.3, 0.4) is 0 Å². The van der Waals surface area contributed by atoms with Gasteiger partial charge in [-0.05, 0) is 37.3 Å². The number of carbonyl (C=O) groups excluding carboxylic acids is 1. The molecule has 2 heterocycles. The number of benzene rings is 1. The van der Waals surface area contributed by atoms with E-state index in [1.54, 1.807) is 0 Å². The molecular formula is C20H28N4O2. The van der Waals surface area contributed by atoms with Crippen molar-refractivity contribution in [3.8, 4) is 11.4 Å². The summed E-state index contributed by atoms with van der Waals surface area (Å²) in [4.78, 5) is 18.8. The lowest BCUT2D eigenvalue weighted by Gasteiger charge is -2.21. The van der Waals surface area contributed by atoms with Crippen LogP contribution in [0, 0.1) is 5.92 Å². The number of likely N-dealkylation sites (tertiary alicyclic amines) is 1. The Hall–Kier alpha value is -2.21. The number of hydrogen-bond acceptors (Lipinski definition) is 5. The van der Waals surface area contributed by atoms with Gasteiger partial charge in [-0.15, -0.1) is 0 Å². The maximum atomic E-state index is 12.5. The number of rotatable bonds is 6. The SMILES string of the molecule is CC(C)c1ccc(-c2noc(CCC(=O)N3CC(CN)CC3C)n2)cc1. The molecule has 1 amide bonds. The number of nitrogens with two attached hydrogens (primary N) is 1. The lowest BCUT2D eigenvalue weighted by atomic mass is 10.0. The maximum absolute atomic E-state index is 12.5. The predicted molar refractivity (Wildman–Crippen MR) is 100 cm³/mol. The second kappa shape index (κ2) is 7.99. The van der Waals surface area contributed by atoms with E-state index in [9.17, 15) is 4.79 Å². The van der Waals surface area contributed by atoms with Crippen LogP contribution in [0.4, 0.5) is 0 Å². The molecule has 2 atom stereocenters. The molecule has 6 heteroatoms. The van der Waals surface area contributed by atoms with Crippen molar-refractivity contribution in [2.45, 2.75) is 52.0 Å². The average Bonchev–Trinajstić information content (AvgIpc) is 3.26. The van der Waals surface area contributed by atoms with Gasteiger partial charge < -0.3 is 15.2 Å². The monoisotopic (exact) mass is 356 g/mol. The van der Waals surface area contributed by atoms with Gasteiger partial charge in [0, 0.05) is 31.0 Å². The minimum Gasteiger partial charge on any atom is -0.340 e. The molecule has 26 heavy (non-hydrogen) atoms. The van der Waals surface area contributed by atoms with Gasteiger partial charge in [0.1, 0.15) is 0 Å². The van der Waals surface area contributed by atoms with Crippen LogP contribution < -0.4 is 5.73 Å². The Balaban J connectivity index is 1.58. The number of aryl methyl sites for hydroxylation is 1. The first kappa shape index (κ1) is 18.6. The van der Waals surface area contributed by atoms with Crippen molar-refractivity contribution in [2.75, 3.05) is 13.1 Å². The summed E-state index contributed by atoms with van der Waals surface area (Å²) in [5, 5.41) is 4.05. The first-order valence-electron chi connectivity index (χ1n) is 9.40. The third-order valence-corrected chi connectivity index (χ3v) is 5.17. The third kappa shape index (κ3) is 4.12. The Labute approximate surface area is 154 Å². The van der Waals surface area contributed by atoms with E-state index in [0.29, 0.717) is 42.9 Å². The predicted octanol–water partition coefficient (Wildman–Crippen LogP) is 2.99. The van der Waals surface area contributed by atoms with Crippen molar-refractivity contribution < 1.29 is 9.32 Å². The average molecular weight is 356 g/mol. The highest BCUT2D eigenvalue weighted by Gasteiger charge is 2.31. The molecular weight excluding hydrogens is 328 g/mol. The van der Waals surface area contributed by atoms with Crippen molar-refractivity contribution in [1.29, 1.82) is 0 Å². The van der Waals surface area contributed by atoms with Gasteiger partial charge in [0.2, 0.25) is 17.6 Å². The van der Waals surface area contributed by atoms with E-state index in [1.165, 1.54) is 5.56 Å². The highest BCUT2D eigenvalue weighted by atomic mass is 16.5. The summed E-state index contributed by atoms with van der Waals surface area (Å²) in [6.45, 7) is 7.80. The van der Waals surface area contributed by atoms with Crippen LogP contribution in [0.2, 0.25) is 0 Å². The summed E-state index contributed by atoms with van der Waals surface area (Å²) in [5.74, 6) is 2.11. The zero-order valence-electron chi connectivity index (χ0n) is 15.8. The largest absolute Gasteiger partial charge is 0.340 e. The Morgan fingerprint density at radius 3 is 2.69 bits per heavy atom. The van der Waals surface area contributed by atoms with Crippen molar-refractivity contribution in [1.82, 2.24) is 15.0 Å². The molecule has 1 aliphatic rings. The third-order valence-electron chi connectivity index (χ3n) is 5.17. The van der Waals surface area contributed by atoms with Gasteiger partial charge in [0.25, 0.3) is 0 Å². The molecule has 2 N–H and O–H groups in total. The fraction of sp³-hybridized carbons (Fsp3) is 0.550. The lowest BCUT2D eigenvalue weighted by Crippen LogP contribution is -2.34. The van der Waals surface area contributed by atoms with Crippen molar-refractivity contribution in [3.05, 3.63) is 35.7 Å². The van der Waals surface area contributed by atoms with Crippen molar-refractivity contribution in [3.63, 3.8) is 0 Å². The number of nitrogens with zero attached hydrogens (tertiary/aromatic N) is 3. The molecule has 0 radical (unpaired) electrons. The van der Waals surface area contributed by atoms with Crippen LogP contribution in [-0.2, 0) is 11.2 Å². The minimum atomic E-state index is 0.134. The van der Waals surface area contributed by atoms with Crippen LogP contribution >= 0.6 is 0 Å². The molecule has 3 rings (SSSR count). The topological polar surface area (TPSA) is 85.2 Å². The molecule has 0 spiro atoms. The molecule has 140 valence electrons. The van der Waals surface area contributed by atoms with Gasteiger partial charge in [-0.25, -0.2) is 0 Å².